The molecule has 0 aliphatic heterocycles. The molecular weight excluding hydrogens is 242 g/mol. The van der Waals surface area contributed by atoms with Crippen molar-refractivity contribution in [1.82, 2.24) is 5.32 Å². The molecule has 0 spiro atoms. The molecular formula is C15H31NO3. The Balaban J connectivity index is 4.03. The number of ether oxygens (including phenoxy) is 2. The van der Waals surface area contributed by atoms with Gasteiger partial charge in [0, 0.05) is 19.3 Å². The van der Waals surface area contributed by atoms with Crippen LogP contribution in [0.25, 0.3) is 0 Å². The van der Waals surface area contributed by atoms with Gasteiger partial charge in [0.1, 0.15) is 5.54 Å². The van der Waals surface area contributed by atoms with Gasteiger partial charge in [-0.15, -0.1) is 0 Å². The minimum Gasteiger partial charge on any atom is -0.468 e. The third kappa shape index (κ3) is 8.22. The normalized spacial score (nSPS) is 14.7. The molecule has 0 amide bonds. The van der Waals surface area contributed by atoms with Gasteiger partial charge >= 0.3 is 5.97 Å². The van der Waals surface area contributed by atoms with E-state index in [2.05, 4.69) is 19.2 Å². The smallest absolute Gasteiger partial charge is 0.325 e. The Kier molecular flexibility index (Phi) is 9.02. The van der Waals surface area contributed by atoms with Crippen molar-refractivity contribution >= 4 is 5.97 Å². The van der Waals surface area contributed by atoms with Crippen LogP contribution >= 0.6 is 0 Å². The highest BCUT2D eigenvalue weighted by atomic mass is 16.5. The van der Waals surface area contributed by atoms with Gasteiger partial charge in [-0.3, -0.25) is 10.1 Å². The van der Waals surface area contributed by atoms with Crippen LogP contribution in [0.5, 0.6) is 0 Å². The van der Waals surface area contributed by atoms with E-state index < -0.39 is 5.54 Å². The standard InChI is InChI=1S/C15H31NO3/c1-12(2)8-7-10-19-11-9-15(5,14(17)18-6)16-13(3)4/h12-13,16H,7-11H2,1-6H3. The van der Waals surface area contributed by atoms with E-state index in [1.165, 1.54) is 13.5 Å². The van der Waals surface area contributed by atoms with E-state index in [9.17, 15) is 4.79 Å². The topological polar surface area (TPSA) is 47.6 Å². The largest absolute Gasteiger partial charge is 0.468 e. The zero-order valence-electron chi connectivity index (χ0n) is 13.4. The Morgan fingerprint density at radius 1 is 1.21 bits per heavy atom. The van der Waals surface area contributed by atoms with Crippen molar-refractivity contribution in [3.05, 3.63) is 0 Å². The van der Waals surface area contributed by atoms with E-state index in [1.54, 1.807) is 0 Å². The highest BCUT2D eigenvalue weighted by molar-refractivity contribution is 5.80. The second kappa shape index (κ2) is 9.32. The fourth-order valence-electron chi connectivity index (χ4n) is 2.07. The Morgan fingerprint density at radius 3 is 2.32 bits per heavy atom. The summed E-state index contributed by atoms with van der Waals surface area (Å²) in [6, 6.07) is 0.227. The number of hydrogen-bond acceptors (Lipinski definition) is 4. The molecule has 0 fully saturated rings. The summed E-state index contributed by atoms with van der Waals surface area (Å²) in [5.41, 5.74) is -0.666. The maximum atomic E-state index is 11.8. The van der Waals surface area contributed by atoms with Crippen LogP contribution in [0.4, 0.5) is 0 Å². The molecule has 0 aliphatic rings. The van der Waals surface area contributed by atoms with Gasteiger partial charge < -0.3 is 9.47 Å². The average Bonchev–Trinajstić information content (AvgIpc) is 2.31. The molecule has 19 heavy (non-hydrogen) atoms. The maximum Gasteiger partial charge on any atom is 0.325 e. The number of hydrogen-bond donors (Lipinski definition) is 1. The lowest BCUT2D eigenvalue weighted by Crippen LogP contribution is -2.53. The summed E-state index contributed by atoms with van der Waals surface area (Å²) in [5.74, 6) is 0.485. The first-order valence-electron chi connectivity index (χ1n) is 7.25. The van der Waals surface area contributed by atoms with Gasteiger partial charge in [-0.2, -0.15) is 0 Å². The summed E-state index contributed by atoms with van der Waals surface area (Å²) < 4.78 is 10.5. The van der Waals surface area contributed by atoms with Crippen LogP contribution in [-0.4, -0.2) is 37.9 Å². The van der Waals surface area contributed by atoms with Gasteiger partial charge in [0.25, 0.3) is 0 Å². The predicted octanol–water partition coefficient (Wildman–Crippen LogP) is 2.76. The highest BCUT2D eigenvalue weighted by Crippen LogP contribution is 2.14. The second-order valence-electron chi connectivity index (χ2n) is 6.02. The zero-order chi connectivity index (χ0) is 14.9. The lowest BCUT2D eigenvalue weighted by atomic mass is 9.97. The minimum atomic E-state index is -0.666. The zero-order valence-corrected chi connectivity index (χ0v) is 13.4. The van der Waals surface area contributed by atoms with Crippen LogP contribution in [0, 0.1) is 5.92 Å². The molecule has 0 saturated heterocycles. The molecule has 0 bridgehead atoms. The third-order valence-electron chi connectivity index (χ3n) is 3.06. The van der Waals surface area contributed by atoms with Crippen molar-refractivity contribution in [1.29, 1.82) is 0 Å². The molecule has 0 saturated carbocycles. The quantitative estimate of drug-likeness (QED) is 0.491. The molecule has 0 aromatic carbocycles. The summed E-state index contributed by atoms with van der Waals surface area (Å²) >= 11 is 0. The van der Waals surface area contributed by atoms with Crippen LogP contribution in [0.3, 0.4) is 0 Å². The van der Waals surface area contributed by atoms with Crippen molar-refractivity contribution in [3.63, 3.8) is 0 Å². The molecule has 0 rings (SSSR count). The van der Waals surface area contributed by atoms with E-state index in [4.69, 9.17) is 9.47 Å². The number of carbonyl (C=O) groups excluding carboxylic acids is 1. The molecule has 0 heterocycles. The van der Waals surface area contributed by atoms with Crippen molar-refractivity contribution in [3.8, 4) is 0 Å². The molecule has 0 aromatic heterocycles. The van der Waals surface area contributed by atoms with Gasteiger partial charge in [0.15, 0.2) is 0 Å². The Bertz CT molecular complexity index is 254. The van der Waals surface area contributed by atoms with Gasteiger partial charge in [-0.25, -0.2) is 0 Å². The van der Waals surface area contributed by atoms with Gasteiger partial charge in [-0.1, -0.05) is 13.8 Å². The molecule has 0 aromatic rings. The molecule has 114 valence electrons. The monoisotopic (exact) mass is 273 g/mol. The predicted molar refractivity (Wildman–Crippen MR) is 78.2 cm³/mol. The van der Waals surface area contributed by atoms with Gasteiger partial charge in [0.2, 0.25) is 0 Å². The molecule has 4 nitrogen and oxygen atoms in total. The van der Waals surface area contributed by atoms with Crippen molar-refractivity contribution < 1.29 is 14.3 Å². The first-order valence-corrected chi connectivity index (χ1v) is 7.25. The molecule has 1 unspecified atom stereocenters. The minimum absolute atomic E-state index is 0.227. The summed E-state index contributed by atoms with van der Waals surface area (Å²) in [6.07, 6.45) is 2.88. The molecule has 0 radical (unpaired) electrons. The van der Waals surface area contributed by atoms with Crippen LogP contribution < -0.4 is 5.32 Å². The first-order chi connectivity index (χ1) is 8.81. The Morgan fingerprint density at radius 2 is 1.84 bits per heavy atom. The first kappa shape index (κ1) is 18.4. The number of methoxy groups -OCH3 is 1. The van der Waals surface area contributed by atoms with Gasteiger partial charge in [-0.05, 0) is 46.0 Å². The molecule has 1 atom stereocenters. The van der Waals surface area contributed by atoms with Crippen LogP contribution in [0.15, 0.2) is 0 Å². The summed E-state index contributed by atoms with van der Waals surface area (Å²) in [7, 11) is 1.42. The van der Waals surface area contributed by atoms with Crippen LogP contribution in [0.2, 0.25) is 0 Å². The summed E-state index contributed by atoms with van der Waals surface area (Å²) in [4.78, 5) is 11.8. The van der Waals surface area contributed by atoms with Gasteiger partial charge in [0.05, 0.1) is 7.11 Å². The summed E-state index contributed by atoms with van der Waals surface area (Å²) in [6.45, 7) is 11.7. The fraction of sp³-hybridized carbons (Fsp3) is 0.933. The van der Waals surface area contributed by atoms with E-state index >= 15 is 0 Å². The Hall–Kier alpha value is -0.610. The van der Waals surface area contributed by atoms with Crippen LogP contribution in [0.1, 0.15) is 53.9 Å². The number of nitrogens with one attached hydrogen (secondary N) is 1. The van der Waals surface area contributed by atoms with Crippen molar-refractivity contribution in [2.75, 3.05) is 20.3 Å². The van der Waals surface area contributed by atoms with Crippen LogP contribution in [-0.2, 0) is 14.3 Å². The van der Waals surface area contributed by atoms with E-state index in [-0.39, 0.29) is 12.0 Å². The number of esters is 1. The second-order valence-corrected chi connectivity index (χ2v) is 6.02. The number of rotatable bonds is 10. The molecule has 0 aliphatic carbocycles. The maximum absolute atomic E-state index is 11.8. The van der Waals surface area contributed by atoms with Crippen molar-refractivity contribution in [2.24, 2.45) is 5.92 Å². The average molecular weight is 273 g/mol. The molecule has 1 N–H and O–H groups in total. The third-order valence-corrected chi connectivity index (χ3v) is 3.06. The van der Waals surface area contributed by atoms with Crippen molar-refractivity contribution in [2.45, 2.75) is 65.5 Å². The van der Waals surface area contributed by atoms with E-state index in [0.29, 0.717) is 18.9 Å². The van der Waals surface area contributed by atoms with E-state index in [0.717, 1.165) is 13.0 Å². The highest BCUT2D eigenvalue weighted by Gasteiger charge is 2.34. The fourth-order valence-corrected chi connectivity index (χ4v) is 2.07. The number of carbonyl (C=O) groups is 1. The lowest BCUT2D eigenvalue weighted by Gasteiger charge is -2.30. The summed E-state index contributed by atoms with van der Waals surface area (Å²) in [5, 5.41) is 3.26. The lowest BCUT2D eigenvalue weighted by molar-refractivity contribution is -0.149. The SMILES string of the molecule is COC(=O)C(C)(CCOCCCC(C)C)NC(C)C. The molecule has 4 heteroatoms. The van der Waals surface area contributed by atoms with E-state index in [1.807, 2.05) is 20.8 Å². The Labute approximate surface area is 118 Å².